The number of unbranched alkanes of at least 4 members (excludes halogenated alkanes) is 1. The molecule has 1 aliphatic rings. The van der Waals surface area contributed by atoms with Crippen LogP contribution in [0.5, 0.6) is 0 Å². The summed E-state index contributed by atoms with van der Waals surface area (Å²) in [6.45, 7) is 6.31. The number of carboxylic acids is 1. The van der Waals surface area contributed by atoms with Crippen LogP contribution < -0.4 is 4.90 Å². The van der Waals surface area contributed by atoms with E-state index < -0.39 is 5.97 Å². The van der Waals surface area contributed by atoms with Gasteiger partial charge < -0.3 is 14.6 Å². The molecule has 0 spiro atoms. The number of aryl methyl sites for hydroxylation is 2. The van der Waals surface area contributed by atoms with Crippen molar-refractivity contribution >= 4 is 34.2 Å². The van der Waals surface area contributed by atoms with Gasteiger partial charge in [-0.2, -0.15) is 0 Å². The quantitative estimate of drug-likeness (QED) is 0.423. The first-order chi connectivity index (χ1) is 15.6. The Kier molecular flexibility index (Phi) is 7.72. The minimum absolute atomic E-state index is 0.225. The number of carboxylic acid groups (broad SMARTS) is 1. The molecule has 2 heterocycles. The van der Waals surface area contributed by atoms with E-state index in [0.29, 0.717) is 6.42 Å². The third-order valence-corrected chi connectivity index (χ3v) is 6.72. The highest BCUT2D eigenvalue weighted by Crippen LogP contribution is 2.26. The van der Waals surface area contributed by atoms with Crippen LogP contribution in [0.2, 0.25) is 5.02 Å². The number of hydrogen-bond acceptors (Lipinski definition) is 3. The van der Waals surface area contributed by atoms with Gasteiger partial charge in [0.1, 0.15) is 0 Å². The van der Waals surface area contributed by atoms with Crippen molar-refractivity contribution in [3.63, 3.8) is 0 Å². The number of fused-ring (bicyclic) bond motifs is 1. The second-order valence-electron chi connectivity index (χ2n) is 8.60. The summed E-state index contributed by atoms with van der Waals surface area (Å²) < 4.78 is 2.35. The van der Waals surface area contributed by atoms with Crippen LogP contribution >= 0.6 is 11.6 Å². The minimum atomic E-state index is -0.721. The van der Waals surface area contributed by atoms with Gasteiger partial charge in [0.2, 0.25) is 0 Å². The lowest BCUT2D eigenvalue weighted by Crippen LogP contribution is -2.46. The van der Waals surface area contributed by atoms with Crippen LogP contribution in [-0.4, -0.2) is 53.3 Å². The SMILES string of the molecule is O=C(O)CCCc1cn(CCCCN2CCN(c3ccccc3Cl)CC2)c2ccccc12. The summed E-state index contributed by atoms with van der Waals surface area (Å²) in [5.74, 6) is -0.721. The zero-order chi connectivity index (χ0) is 22.3. The molecule has 0 amide bonds. The lowest BCUT2D eigenvalue weighted by molar-refractivity contribution is -0.137. The number of piperazine rings is 1. The van der Waals surface area contributed by atoms with Crippen molar-refractivity contribution in [2.45, 2.75) is 38.6 Å². The van der Waals surface area contributed by atoms with Crippen LogP contribution in [0.1, 0.15) is 31.2 Å². The van der Waals surface area contributed by atoms with Crippen molar-refractivity contribution in [1.29, 1.82) is 0 Å². The van der Waals surface area contributed by atoms with Gasteiger partial charge in [-0.25, -0.2) is 0 Å². The van der Waals surface area contributed by atoms with Gasteiger partial charge >= 0.3 is 5.97 Å². The third-order valence-electron chi connectivity index (χ3n) is 6.40. The fourth-order valence-electron chi connectivity index (χ4n) is 4.68. The highest BCUT2D eigenvalue weighted by molar-refractivity contribution is 6.33. The highest BCUT2D eigenvalue weighted by Gasteiger charge is 2.18. The first-order valence-electron chi connectivity index (χ1n) is 11.6. The van der Waals surface area contributed by atoms with Gasteiger partial charge in [0.05, 0.1) is 10.7 Å². The Hall–Kier alpha value is -2.50. The third kappa shape index (κ3) is 5.64. The number of para-hydroxylation sites is 2. The van der Waals surface area contributed by atoms with Crippen LogP contribution in [-0.2, 0) is 17.8 Å². The summed E-state index contributed by atoms with van der Waals surface area (Å²) >= 11 is 6.36. The van der Waals surface area contributed by atoms with E-state index >= 15 is 0 Å². The first kappa shape index (κ1) is 22.7. The average Bonchev–Trinajstić information content (AvgIpc) is 3.15. The average molecular weight is 454 g/mol. The van der Waals surface area contributed by atoms with Gasteiger partial charge in [0.15, 0.2) is 0 Å². The molecular weight excluding hydrogens is 422 g/mol. The lowest BCUT2D eigenvalue weighted by Gasteiger charge is -2.36. The number of rotatable bonds is 10. The summed E-state index contributed by atoms with van der Waals surface area (Å²) in [7, 11) is 0. The molecule has 0 atom stereocenters. The molecule has 1 aromatic heterocycles. The molecule has 1 fully saturated rings. The Labute approximate surface area is 195 Å². The molecule has 0 bridgehead atoms. The number of nitrogens with zero attached hydrogens (tertiary/aromatic N) is 3. The molecule has 5 nitrogen and oxygen atoms in total. The summed E-state index contributed by atoms with van der Waals surface area (Å²) in [5.41, 5.74) is 3.66. The number of benzene rings is 2. The monoisotopic (exact) mass is 453 g/mol. The molecule has 170 valence electrons. The van der Waals surface area contributed by atoms with Gasteiger partial charge in [-0.1, -0.05) is 41.9 Å². The molecular formula is C26H32ClN3O2. The van der Waals surface area contributed by atoms with Crippen molar-refractivity contribution in [2.24, 2.45) is 0 Å². The topological polar surface area (TPSA) is 48.7 Å². The Morgan fingerprint density at radius 1 is 0.906 bits per heavy atom. The van der Waals surface area contributed by atoms with Gasteiger partial charge in [0, 0.05) is 56.2 Å². The highest BCUT2D eigenvalue weighted by atomic mass is 35.5. The minimum Gasteiger partial charge on any atom is -0.481 e. The molecule has 4 rings (SSSR count). The number of aliphatic carboxylic acids is 1. The Morgan fingerprint density at radius 2 is 1.62 bits per heavy atom. The summed E-state index contributed by atoms with van der Waals surface area (Å²) in [6.07, 6.45) is 6.27. The Bertz CT molecular complexity index is 1040. The molecule has 2 aromatic carbocycles. The van der Waals surface area contributed by atoms with E-state index in [-0.39, 0.29) is 6.42 Å². The molecule has 1 aliphatic heterocycles. The molecule has 0 radical (unpaired) electrons. The maximum Gasteiger partial charge on any atom is 0.303 e. The molecule has 3 aromatic rings. The Morgan fingerprint density at radius 3 is 2.41 bits per heavy atom. The van der Waals surface area contributed by atoms with E-state index in [0.717, 1.165) is 62.8 Å². The molecule has 1 saturated heterocycles. The van der Waals surface area contributed by atoms with E-state index in [1.54, 1.807) is 0 Å². The molecule has 0 unspecified atom stereocenters. The van der Waals surface area contributed by atoms with Crippen molar-refractivity contribution in [2.75, 3.05) is 37.6 Å². The van der Waals surface area contributed by atoms with Crippen LogP contribution in [0.25, 0.3) is 10.9 Å². The fourth-order valence-corrected chi connectivity index (χ4v) is 4.93. The number of hydrogen-bond donors (Lipinski definition) is 1. The zero-order valence-corrected chi connectivity index (χ0v) is 19.3. The number of halogens is 1. The number of carbonyl (C=O) groups is 1. The zero-order valence-electron chi connectivity index (χ0n) is 18.5. The predicted molar refractivity (Wildman–Crippen MR) is 132 cm³/mol. The van der Waals surface area contributed by atoms with E-state index in [4.69, 9.17) is 16.7 Å². The van der Waals surface area contributed by atoms with Crippen molar-refractivity contribution < 1.29 is 9.90 Å². The molecule has 0 saturated carbocycles. The summed E-state index contributed by atoms with van der Waals surface area (Å²) in [5, 5.41) is 11.0. The molecule has 1 N–H and O–H groups in total. The molecule has 0 aliphatic carbocycles. The largest absolute Gasteiger partial charge is 0.481 e. The van der Waals surface area contributed by atoms with Gasteiger partial charge in [-0.15, -0.1) is 0 Å². The van der Waals surface area contributed by atoms with Crippen molar-refractivity contribution in [3.05, 3.63) is 65.3 Å². The predicted octanol–water partition coefficient (Wildman–Crippen LogP) is 5.30. The van der Waals surface area contributed by atoms with Gasteiger partial charge in [0.25, 0.3) is 0 Å². The van der Waals surface area contributed by atoms with E-state index in [1.165, 1.54) is 22.9 Å². The summed E-state index contributed by atoms with van der Waals surface area (Å²) in [6, 6.07) is 16.6. The molecule has 32 heavy (non-hydrogen) atoms. The van der Waals surface area contributed by atoms with Crippen LogP contribution in [0, 0.1) is 0 Å². The van der Waals surface area contributed by atoms with E-state index in [2.05, 4.69) is 57.0 Å². The fraction of sp³-hybridized carbons (Fsp3) is 0.423. The Balaban J connectivity index is 1.25. The summed E-state index contributed by atoms with van der Waals surface area (Å²) in [4.78, 5) is 15.8. The van der Waals surface area contributed by atoms with Crippen LogP contribution in [0.4, 0.5) is 5.69 Å². The van der Waals surface area contributed by atoms with Gasteiger partial charge in [-0.3, -0.25) is 9.69 Å². The second-order valence-corrected chi connectivity index (χ2v) is 9.01. The standard InChI is InChI=1S/C26H32ClN3O2/c27-23-10-2-4-12-25(23)29-18-16-28(17-19-29)14-5-6-15-30-20-21(8-7-13-26(31)32)22-9-1-3-11-24(22)30/h1-4,9-12,20H,5-8,13-19H2,(H,31,32). The lowest BCUT2D eigenvalue weighted by atomic mass is 10.1. The van der Waals surface area contributed by atoms with Crippen molar-refractivity contribution in [1.82, 2.24) is 9.47 Å². The second kappa shape index (κ2) is 10.9. The maximum absolute atomic E-state index is 10.9. The van der Waals surface area contributed by atoms with Crippen LogP contribution in [0.15, 0.2) is 54.7 Å². The normalized spacial score (nSPS) is 14.8. The van der Waals surface area contributed by atoms with E-state index in [1.807, 2.05) is 12.1 Å². The first-order valence-corrected chi connectivity index (χ1v) is 12.0. The molecule has 6 heteroatoms. The van der Waals surface area contributed by atoms with Crippen molar-refractivity contribution in [3.8, 4) is 0 Å². The van der Waals surface area contributed by atoms with Gasteiger partial charge in [-0.05, 0) is 56.0 Å². The number of aromatic nitrogens is 1. The maximum atomic E-state index is 10.9. The van der Waals surface area contributed by atoms with E-state index in [9.17, 15) is 4.79 Å². The smallest absolute Gasteiger partial charge is 0.303 e. The van der Waals surface area contributed by atoms with Crippen LogP contribution in [0.3, 0.4) is 0 Å². The number of anilines is 1.